The van der Waals surface area contributed by atoms with Crippen LogP contribution in [0, 0.1) is 10.1 Å². The Labute approximate surface area is 117 Å². The zero-order valence-electron chi connectivity index (χ0n) is 10.6. The van der Waals surface area contributed by atoms with Crippen LogP contribution in [0.25, 0.3) is 0 Å². The Morgan fingerprint density at radius 2 is 1.86 bits per heavy atom. The quantitative estimate of drug-likeness (QED) is 0.691. The maximum Gasteiger partial charge on any atom is 0.423 e. The number of hydrogen-bond acceptors (Lipinski definition) is 4. The number of aromatic nitrogens is 1. The summed E-state index contributed by atoms with van der Waals surface area (Å²) >= 11 is 0. The number of nitro benzene ring substituents is 1. The molecular formula is C13H10F3N3O2. The van der Waals surface area contributed by atoms with Gasteiger partial charge in [-0.05, 0) is 29.8 Å². The lowest BCUT2D eigenvalue weighted by atomic mass is 10.1. The van der Waals surface area contributed by atoms with Crippen molar-refractivity contribution < 1.29 is 18.1 Å². The zero-order chi connectivity index (χ0) is 15.5. The normalized spacial score (nSPS) is 11.2. The van der Waals surface area contributed by atoms with Gasteiger partial charge in [-0.25, -0.2) is 0 Å². The van der Waals surface area contributed by atoms with E-state index in [0.717, 1.165) is 17.7 Å². The molecule has 0 atom stereocenters. The van der Waals surface area contributed by atoms with Gasteiger partial charge in [0.25, 0.3) is 5.69 Å². The minimum atomic E-state index is -4.78. The summed E-state index contributed by atoms with van der Waals surface area (Å²) < 4.78 is 38.4. The van der Waals surface area contributed by atoms with Crippen LogP contribution in [-0.4, -0.2) is 9.91 Å². The van der Waals surface area contributed by atoms with Crippen molar-refractivity contribution in [2.45, 2.75) is 12.7 Å². The van der Waals surface area contributed by atoms with Crippen molar-refractivity contribution in [3.05, 3.63) is 64.0 Å². The lowest BCUT2D eigenvalue weighted by molar-refractivity contribution is -0.388. The third kappa shape index (κ3) is 3.68. The van der Waals surface area contributed by atoms with E-state index in [9.17, 15) is 23.3 Å². The van der Waals surface area contributed by atoms with E-state index < -0.39 is 22.4 Å². The van der Waals surface area contributed by atoms with Gasteiger partial charge in [-0.2, -0.15) is 13.2 Å². The van der Waals surface area contributed by atoms with Crippen molar-refractivity contribution in [1.82, 2.24) is 4.98 Å². The molecule has 1 aromatic heterocycles. The highest BCUT2D eigenvalue weighted by atomic mass is 19.4. The topological polar surface area (TPSA) is 68.1 Å². The molecule has 0 spiro atoms. The maximum atomic E-state index is 12.8. The Kier molecular flexibility index (Phi) is 4.06. The van der Waals surface area contributed by atoms with Crippen molar-refractivity contribution in [2.24, 2.45) is 0 Å². The molecule has 0 radical (unpaired) electrons. The molecule has 0 saturated carbocycles. The van der Waals surface area contributed by atoms with Crippen LogP contribution in [0.3, 0.4) is 0 Å². The molecule has 2 aromatic rings. The lowest BCUT2D eigenvalue weighted by Gasteiger charge is -2.11. The molecule has 1 aromatic carbocycles. The molecule has 110 valence electrons. The van der Waals surface area contributed by atoms with E-state index in [2.05, 4.69) is 10.3 Å². The highest BCUT2D eigenvalue weighted by Gasteiger charge is 2.38. The number of benzene rings is 1. The highest BCUT2D eigenvalue weighted by Crippen LogP contribution is 2.37. The molecule has 1 N–H and O–H groups in total. The van der Waals surface area contributed by atoms with Gasteiger partial charge < -0.3 is 5.32 Å². The first kappa shape index (κ1) is 14.8. The highest BCUT2D eigenvalue weighted by molar-refractivity contribution is 5.55. The van der Waals surface area contributed by atoms with Crippen molar-refractivity contribution in [3.8, 4) is 0 Å². The summed E-state index contributed by atoms with van der Waals surface area (Å²) in [5.41, 5.74) is -1.24. The van der Waals surface area contributed by atoms with Gasteiger partial charge in [0.05, 0.1) is 4.92 Å². The summed E-state index contributed by atoms with van der Waals surface area (Å²) in [6, 6.07) is 6.25. The monoisotopic (exact) mass is 297 g/mol. The van der Waals surface area contributed by atoms with E-state index in [1.807, 2.05) is 0 Å². The molecular weight excluding hydrogens is 287 g/mol. The van der Waals surface area contributed by atoms with E-state index in [-0.39, 0.29) is 12.2 Å². The largest absolute Gasteiger partial charge is 0.423 e. The first-order chi connectivity index (χ1) is 9.88. The molecule has 2 rings (SSSR count). The van der Waals surface area contributed by atoms with Crippen LogP contribution in [0.2, 0.25) is 0 Å². The SMILES string of the molecule is O=[N+]([O-])c1ccc(NCc2ccncc2)cc1C(F)(F)F. The Bertz CT molecular complexity index is 645. The minimum Gasteiger partial charge on any atom is -0.381 e. The van der Waals surface area contributed by atoms with Crippen molar-refractivity contribution in [3.63, 3.8) is 0 Å². The smallest absolute Gasteiger partial charge is 0.381 e. The van der Waals surface area contributed by atoms with Crippen LogP contribution in [0.4, 0.5) is 24.5 Å². The van der Waals surface area contributed by atoms with Gasteiger partial charge in [0.2, 0.25) is 0 Å². The molecule has 0 amide bonds. The summed E-state index contributed by atoms with van der Waals surface area (Å²) in [6.07, 6.45) is -1.65. The van der Waals surface area contributed by atoms with Crippen LogP contribution in [0.5, 0.6) is 0 Å². The van der Waals surface area contributed by atoms with Crippen LogP contribution < -0.4 is 5.32 Å². The predicted molar refractivity (Wildman–Crippen MR) is 69.7 cm³/mol. The fourth-order valence-electron chi connectivity index (χ4n) is 1.74. The van der Waals surface area contributed by atoms with Gasteiger partial charge in [0.15, 0.2) is 0 Å². The van der Waals surface area contributed by atoms with Crippen LogP contribution in [-0.2, 0) is 12.7 Å². The number of nitrogens with one attached hydrogen (secondary N) is 1. The lowest BCUT2D eigenvalue weighted by Crippen LogP contribution is -2.10. The average molecular weight is 297 g/mol. The number of hydrogen-bond donors (Lipinski definition) is 1. The summed E-state index contributed by atoms with van der Waals surface area (Å²) in [6.45, 7) is 0.289. The van der Waals surface area contributed by atoms with Gasteiger partial charge in [0.1, 0.15) is 5.56 Å². The van der Waals surface area contributed by atoms with E-state index >= 15 is 0 Å². The fourth-order valence-corrected chi connectivity index (χ4v) is 1.74. The number of alkyl halides is 3. The van der Waals surface area contributed by atoms with Crippen molar-refractivity contribution in [1.29, 1.82) is 0 Å². The molecule has 8 heteroatoms. The number of pyridine rings is 1. The summed E-state index contributed by atoms with van der Waals surface area (Å²) in [5, 5.41) is 13.4. The maximum absolute atomic E-state index is 12.8. The Balaban J connectivity index is 2.24. The average Bonchev–Trinajstić information content (AvgIpc) is 2.45. The Hall–Kier alpha value is -2.64. The van der Waals surface area contributed by atoms with E-state index in [1.165, 1.54) is 6.07 Å². The third-order valence-electron chi connectivity index (χ3n) is 2.74. The van der Waals surface area contributed by atoms with Gasteiger partial charge in [0, 0.05) is 30.7 Å². The molecule has 0 aliphatic heterocycles. The first-order valence-corrected chi connectivity index (χ1v) is 5.86. The van der Waals surface area contributed by atoms with Crippen LogP contribution >= 0.6 is 0 Å². The molecule has 0 saturated heterocycles. The second-order valence-corrected chi connectivity index (χ2v) is 4.20. The van der Waals surface area contributed by atoms with Gasteiger partial charge >= 0.3 is 6.18 Å². The summed E-state index contributed by atoms with van der Waals surface area (Å²) in [7, 11) is 0. The van der Waals surface area contributed by atoms with E-state index in [0.29, 0.717) is 0 Å². The number of anilines is 1. The molecule has 1 heterocycles. The molecule has 21 heavy (non-hydrogen) atoms. The second-order valence-electron chi connectivity index (χ2n) is 4.20. The summed E-state index contributed by atoms with van der Waals surface area (Å²) in [4.78, 5) is 13.4. The number of nitro groups is 1. The fraction of sp³-hybridized carbons (Fsp3) is 0.154. The molecule has 0 aliphatic carbocycles. The predicted octanol–water partition coefficient (Wildman–Crippen LogP) is 3.62. The van der Waals surface area contributed by atoms with Gasteiger partial charge in [-0.3, -0.25) is 15.1 Å². The van der Waals surface area contributed by atoms with Crippen molar-refractivity contribution in [2.75, 3.05) is 5.32 Å². The Morgan fingerprint density at radius 1 is 1.19 bits per heavy atom. The third-order valence-corrected chi connectivity index (χ3v) is 2.74. The molecule has 0 aliphatic rings. The number of nitrogens with zero attached hydrogens (tertiary/aromatic N) is 2. The zero-order valence-corrected chi connectivity index (χ0v) is 10.6. The standard InChI is InChI=1S/C13H10F3N3O2/c14-13(15,16)11-7-10(1-2-12(11)19(20)21)18-8-9-3-5-17-6-4-9/h1-7,18H,8H2. The van der Waals surface area contributed by atoms with Crippen LogP contribution in [0.1, 0.15) is 11.1 Å². The molecule has 5 nitrogen and oxygen atoms in total. The van der Waals surface area contributed by atoms with E-state index in [1.54, 1.807) is 24.5 Å². The van der Waals surface area contributed by atoms with E-state index in [4.69, 9.17) is 0 Å². The van der Waals surface area contributed by atoms with Crippen LogP contribution in [0.15, 0.2) is 42.7 Å². The van der Waals surface area contributed by atoms with Gasteiger partial charge in [-0.1, -0.05) is 0 Å². The molecule has 0 bridgehead atoms. The second kappa shape index (κ2) is 5.78. The number of halogens is 3. The Morgan fingerprint density at radius 3 is 2.43 bits per heavy atom. The first-order valence-electron chi connectivity index (χ1n) is 5.86. The minimum absolute atomic E-state index is 0.157. The molecule has 0 fully saturated rings. The number of rotatable bonds is 4. The van der Waals surface area contributed by atoms with Crippen molar-refractivity contribution >= 4 is 11.4 Å². The summed E-state index contributed by atoms with van der Waals surface area (Å²) in [5.74, 6) is 0. The molecule has 0 unspecified atom stereocenters. The van der Waals surface area contributed by atoms with Gasteiger partial charge in [-0.15, -0.1) is 0 Å².